The molecule has 1 aliphatic heterocycles. The van der Waals surface area contributed by atoms with Crippen molar-refractivity contribution in [3.05, 3.63) is 88.5 Å². The van der Waals surface area contributed by atoms with E-state index in [2.05, 4.69) is 59.8 Å². The molecule has 1 unspecified atom stereocenters. The van der Waals surface area contributed by atoms with Crippen LogP contribution >= 0.6 is 0 Å². The summed E-state index contributed by atoms with van der Waals surface area (Å²) < 4.78 is 16.0. The van der Waals surface area contributed by atoms with E-state index in [-0.39, 0.29) is 5.82 Å². The van der Waals surface area contributed by atoms with E-state index in [0.717, 1.165) is 32.6 Å². The van der Waals surface area contributed by atoms with Crippen LogP contribution < -0.4 is 0 Å². The largest absolute Gasteiger partial charge is 0.303 e. The number of benzene rings is 2. The van der Waals surface area contributed by atoms with Crippen LogP contribution in [-0.2, 0) is 13.0 Å². The molecular formula is C30H38FN3. The monoisotopic (exact) mass is 459 g/mol. The van der Waals surface area contributed by atoms with Crippen LogP contribution in [0.25, 0.3) is 0 Å². The highest BCUT2D eigenvalue weighted by molar-refractivity contribution is 5.27. The third-order valence-electron chi connectivity index (χ3n) is 8.10. The molecule has 2 aromatic carbocycles. The molecule has 1 saturated heterocycles. The van der Waals surface area contributed by atoms with Gasteiger partial charge in [-0.05, 0) is 93.8 Å². The summed E-state index contributed by atoms with van der Waals surface area (Å²) in [6, 6.07) is 18.5. The molecule has 0 radical (unpaired) electrons. The van der Waals surface area contributed by atoms with Gasteiger partial charge in [0.2, 0.25) is 0 Å². The smallest absolute Gasteiger partial charge is 0.123 e. The van der Waals surface area contributed by atoms with E-state index < -0.39 is 0 Å². The van der Waals surface area contributed by atoms with Crippen LogP contribution in [-0.4, -0.2) is 34.3 Å². The van der Waals surface area contributed by atoms with Gasteiger partial charge in [0.05, 0.1) is 5.69 Å². The molecule has 2 aliphatic rings. The van der Waals surface area contributed by atoms with Crippen molar-refractivity contribution in [3.63, 3.8) is 0 Å². The van der Waals surface area contributed by atoms with Crippen LogP contribution in [0.1, 0.15) is 78.9 Å². The molecule has 3 aromatic rings. The van der Waals surface area contributed by atoms with Gasteiger partial charge in [-0.1, -0.05) is 48.4 Å². The first-order valence-electron chi connectivity index (χ1n) is 13.2. The Kier molecular flexibility index (Phi) is 7.15. The number of aromatic nitrogens is 2. The van der Waals surface area contributed by atoms with E-state index >= 15 is 0 Å². The first-order valence-corrected chi connectivity index (χ1v) is 13.2. The van der Waals surface area contributed by atoms with Gasteiger partial charge in [-0.25, -0.2) is 4.39 Å². The van der Waals surface area contributed by atoms with Gasteiger partial charge in [-0.2, -0.15) is 5.10 Å². The summed E-state index contributed by atoms with van der Waals surface area (Å²) in [7, 11) is 0. The highest BCUT2D eigenvalue weighted by Crippen LogP contribution is 2.41. The van der Waals surface area contributed by atoms with Crippen LogP contribution in [0.15, 0.2) is 54.6 Å². The van der Waals surface area contributed by atoms with Crippen molar-refractivity contribution in [1.29, 1.82) is 0 Å². The highest BCUT2D eigenvalue weighted by Gasteiger charge is 2.32. The average Bonchev–Trinajstić information content (AvgIpc) is 3.48. The predicted octanol–water partition coefficient (Wildman–Crippen LogP) is 6.70. The first-order chi connectivity index (χ1) is 16.6. The number of piperidine rings is 1. The molecule has 180 valence electrons. The number of aryl methyl sites for hydroxylation is 2. The van der Waals surface area contributed by atoms with E-state index in [1.54, 1.807) is 12.1 Å². The number of nitrogens with zero attached hydrogens (tertiary/aromatic N) is 3. The quantitative estimate of drug-likeness (QED) is 0.392. The Hall–Kier alpha value is -2.46. The second-order valence-corrected chi connectivity index (χ2v) is 10.5. The summed E-state index contributed by atoms with van der Waals surface area (Å²) in [5, 5.41) is 4.95. The van der Waals surface area contributed by atoms with E-state index in [1.807, 2.05) is 6.07 Å². The lowest BCUT2D eigenvalue weighted by molar-refractivity contribution is 0.175. The van der Waals surface area contributed by atoms with Crippen molar-refractivity contribution in [2.75, 3.05) is 19.6 Å². The standard InChI is InChI=1S/C30H38FN3/c1-3-34-30(20-28(32-34)18-23-12-10-22(2)11-13-23)24-14-16-33(17-15-24)21-26-7-5-9-29(26)25-6-4-8-27(31)19-25/h4,6,8,10-13,19-20,24,26,29H,3,5,7,9,14-18,21H2,1-2H3/t26?,29-/m1/s1. The minimum absolute atomic E-state index is 0.0988. The van der Waals surface area contributed by atoms with Gasteiger partial charge in [0.15, 0.2) is 0 Å². The van der Waals surface area contributed by atoms with Crippen molar-refractivity contribution in [1.82, 2.24) is 14.7 Å². The number of rotatable bonds is 7. The molecule has 0 amide bonds. The minimum Gasteiger partial charge on any atom is -0.303 e. The van der Waals surface area contributed by atoms with Gasteiger partial charge in [-0.15, -0.1) is 0 Å². The average molecular weight is 460 g/mol. The molecule has 1 aromatic heterocycles. The molecule has 2 heterocycles. The second kappa shape index (κ2) is 10.4. The Morgan fingerprint density at radius 2 is 1.76 bits per heavy atom. The fourth-order valence-corrected chi connectivity index (χ4v) is 6.24. The summed E-state index contributed by atoms with van der Waals surface area (Å²) in [5.74, 6) is 1.66. The Balaban J connectivity index is 1.19. The first kappa shape index (κ1) is 23.3. The molecule has 2 atom stereocenters. The van der Waals surface area contributed by atoms with E-state index in [4.69, 9.17) is 5.10 Å². The zero-order chi connectivity index (χ0) is 23.5. The Morgan fingerprint density at radius 3 is 2.50 bits per heavy atom. The molecule has 3 nitrogen and oxygen atoms in total. The molecule has 0 bridgehead atoms. The van der Waals surface area contributed by atoms with Gasteiger partial charge in [0, 0.05) is 31.1 Å². The van der Waals surface area contributed by atoms with Crippen molar-refractivity contribution >= 4 is 0 Å². The second-order valence-electron chi connectivity index (χ2n) is 10.5. The van der Waals surface area contributed by atoms with Crippen LogP contribution in [0, 0.1) is 18.7 Å². The zero-order valence-corrected chi connectivity index (χ0v) is 20.7. The SMILES string of the molecule is CCn1nc(Cc2ccc(C)cc2)cc1C1CCN(CC2CCC[C@@H]2c2cccc(F)c2)CC1. The fraction of sp³-hybridized carbons (Fsp3) is 0.500. The molecule has 1 saturated carbocycles. The zero-order valence-electron chi connectivity index (χ0n) is 20.7. The lowest BCUT2D eigenvalue weighted by Crippen LogP contribution is -2.37. The third-order valence-corrected chi connectivity index (χ3v) is 8.10. The normalized spacial score (nSPS) is 21.9. The van der Waals surface area contributed by atoms with E-state index in [1.165, 1.54) is 60.2 Å². The predicted molar refractivity (Wildman–Crippen MR) is 137 cm³/mol. The molecule has 1 aliphatic carbocycles. The van der Waals surface area contributed by atoms with E-state index in [9.17, 15) is 4.39 Å². The van der Waals surface area contributed by atoms with Crippen LogP contribution in [0.2, 0.25) is 0 Å². The molecular weight excluding hydrogens is 421 g/mol. The van der Waals surface area contributed by atoms with E-state index in [0.29, 0.717) is 17.8 Å². The van der Waals surface area contributed by atoms with Crippen LogP contribution in [0.3, 0.4) is 0 Å². The number of likely N-dealkylation sites (tertiary alicyclic amines) is 1. The number of hydrogen-bond acceptors (Lipinski definition) is 2. The maximum atomic E-state index is 13.8. The maximum Gasteiger partial charge on any atom is 0.123 e. The summed E-state index contributed by atoms with van der Waals surface area (Å²) in [6.07, 6.45) is 7.04. The summed E-state index contributed by atoms with van der Waals surface area (Å²) in [6.45, 7) is 8.72. The van der Waals surface area contributed by atoms with Gasteiger partial charge in [0.1, 0.15) is 5.82 Å². The summed E-state index contributed by atoms with van der Waals surface area (Å²) in [4.78, 5) is 2.67. The lowest BCUT2D eigenvalue weighted by atomic mass is 9.87. The number of halogens is 1. The fourth-order valence-electron chi connectivity index (χ4n) is 6.24. The third kappa shape index (κ3) is 5.27. The van der Waals surface area contributed by atoms with Gasteiger partial charge in [-0.3, -0.25) is 4.68 Å². The summed E-state index contributed by atoms with van der Waals surface area (Å²) >= 11 is 0. The van der Waals surface area contributed by atoms with Gasteiger partial charge < -0.3 is 4.90 Å². The number of hydrogen-bond donors (Lipinski definition) is 0. The van der Waals surface area contributed by atoms with Crippen molar-refractivity contribution in [2.24, 2.45) is 5.92 Å². The minimum atomic E-state index is -0.0988. The highest BCUT2D eigenvalue weighted by atomic mass is 19.1. The van der Waals surface area contributed by atoms with Crippen LogP contribution in [0.4, 0.5) is 4.39 Å². The summed E-state index contributed by atoms with van der Waals surface area (Å²) in [5.41, 5.74) is 6.44. The topological polar surface area (TPSA) is 21.1 Å². The molecule has 5 rings (SSSR count). The molecule has 34 heavy (non-hydrogen) atoms. The molecule has 4 heteroatoms. The van der Waals surface area contributed by atoms with Gasteiger partial charge >= 0.3 is 0 Å². The van der Waals surface area contributed by atoms with Crippen molar-refractivity contribution in [3.8, 4) is 0 Å². The maximum absolute atomic E-state index is 13.8. The van der Waals surface area contributed by atoms with Gasteiger partial charge in [0.25, 0.3) is 0 Å². The van der Waals surface area contributed by atoms with Crippen LogP contribution in [0.5, 0.6) is 0 Å². The molecule has 2 fully saturated rings. The molecule has 0 spiro atoms. The Bertz CT molecular complexity index is 1080. The Morgan fingerprint density at radius 1 is 0.971 bits per heavy atom. The lowest BCUT2D eigenvalue weighted by Gasteiger charge is -2.35. The van der Waals surface area contributed by atoms with Crippen molar-refractivity contribution < 1.29 is 4.39 Å². The molecule has 0 N–H and O–H groups in total. The Labute approximate surface area is 204 Å². The van der Waals surface area contributed by atoms with Crippen molar-refractivity contribution in [2.45, 2.75) is 70.8 Å².